The van der Waals surface area contributed by atoms with E-state index < -0.39 is 0 Å². The zero-order valence-electron chi connectivity index (χ0n) is 13.2. The van der Waals surface area contributed by atoms with E-state index in [4.69, 9.17) is 14.3 Å². The van der Waals surface area contributed by atoms with Crippen molar-refractivity contribution in [1.82, 2.24) is 5.48 Å². The van der Waals surface area contributed by atoms with Gasteiger partial charge in [-0.15, -0.1) is 0 Å². The molecule has 5 heteroatoms. The van der Waals surface area contributed by atoms with E-state index >= 15 is 0 Å². The van der Waals surface area contributed by atoms with Crippen molar-refractivity contribution in [2.45, 2.75) is 26.2 Å². The van der Waals surface area contributed by atoms with Gasteiger partial charge in [0.15, 0.2) is 17.3 Å². The Kier molecular flexibility index (Phi) is 5.19. The standard InChI is InChI=1S/C17H24N2O3/c1-14(18-21-12-11-19-9-5-2-6-10-19)17-13-20-15-7-3-4-8-16(15)22-17/h3-4,7-8,18H,2,5-6,9-13H2,1H3/p+1/b17-14-. The molecule has 0 spiro atoms. The third-order valence-corrected chi connectivity index (χ3v) is 4.20. The quantitative estimate of drug-likeness (QED) is 0.635. The summed E-state index contributed by atoms with van der Waals surface area (Å²) in [6, 6.07) is 7.69. The van der Waals surface area contributed by atoms with Gasteiger partial charge in [-0.05, 0) is 38.3 Å². The molecule has 2 heterocycles. The summed E-state index contributed by atoms with van der Waals surface area (Å²) >= 11 is 0. The number of quaternary nitrogens is 1. The number of rotatable bonds is 5. The molecule has 0 atom stereocenters. The number of hydroxylamine groups is 1. The average Bonchev–Trinajstić information content (AvgIpc) is 2.59. The molecule has 2 aliphatic rings. The van der Waals surface area contributed by atoms with Gasteiger partial charge in [0, 0.05) is 0 Å². The van der Waals surface area contributed by atoms with Crippen molar-refractivity contribution < 1.29 is 19.2 Å². The summed E-state index contributed by atoms with van der Waals surface area (Å²) in [5, 5.41) is 0. The maximum atomic E-state index is 5.85. The second kappa shape index (κ2) is 7.51. The van der Waals surface area contributed by atoms with E-state index in [2.05, 4.69) is 5.48 Å². The molecule has 0 radical (unpaired) electrons. The molecule has 0 unspecified atom stereocenters. The van der Waals surface area contributed by atoms with Gasteiger partial charge < -0.3 is 14.4 Å². The molecule has 3 rings (SSSR count). The van der Waals surface area contributed by atoms with E-state index in [1.807, 2.05) is 31.2 Å². The van der Waals surface area contributed by atoms with Gasteiger partial charge in [0.25, 0.3) is 0 Å². The first-order valence-electron chi connectivity index (χ1n) is 8.14. The van der Waals surface area contributed by atoms with Crippen LogP contribution in [0, 0.1) is 0 Å². The summed E-state index contributed by atoms with van der Waals surface area (Å²) in [6.45, 7) is 6.68. The van der Waals surface area contributed by atoms with Crippen LogP contribution in [0.25, 0.3) is 0 Å². The fourth-order valence-electron chi connectivity index (χ4n) is 2.86. The van der Waals surface area contributed by atoms with Crippen molar-refractivity contribution in [2.75, 3.05) is 32.8 Å². The monoisotopic (exact) mass is 305 g/mol. The van der Waals surface area contributed by atoms with Crippen LogP contribution in [-0.4, -0.2) is 32.8 Å². The number of fused-ring (bicyclic) bond motifs is 1. The highest BCUT2D eigenvalue weighted by molar-refractivity contribution is 5.42. The zero-order valence-corrected chi connectivity index (χ0v) is 13.2. The summed E-state index contributed by atoms with van der Waals surface area (Å²) in [5.74, 6) is 2.31. The van der Waals surface area contributed by atoms with Crippen molar-refractivity contribution in [3.63, 3.8) is 0 Å². The lowest BCUT2D eigenvalue weighted by molar-refractivity contribution is -0.905. The predicted molar refractivity (Wildman–Crippen MR) is 83.8 cm³/mol. The van der Waals surface area contributed by atoms with Crippen molar-refractivity contribution in [2.24, 2.45) is 0 Å². The summed E-state index contributed by atoms with van der Waals surface area (Å²) in [5.41, 5.74) is 3.85. The Balaban J connectivity index is 1.44. The molecule has 1 fully saturated rings. The van der Waals surface area contributed by atoms with Gasteiger partial charge in [0.05, 0.1) is 18.8 Å². The van der Waals surface area contributed by atoms with Crippen LogP contribution in [-0.2, 0) is 4.84 Å². The first-order chi connectivity index (χ1) is 10.8. The SMILES string of the molecule is C/C(NOCC[NH+]1CCCCC1)=C1\COc2ccccc2O1. The van der Waals surface area contributed by atoms with Gasteiger partial charge in [-0.3, -0.25) is 10.3 Å². The predicted octanol–water partition coefficient (Wildman–Crippen LogP) is 1.28. The summed E-state index contributed by atoms with van der Waals surface area (Å²) in [6.07, 6.45) is 4.07. The van der Waals surface area contributed by atoms with Crippen LogP contribution in [0.1, 0.15) is 26.2 Å². The molecule has 5 nitrogen and oxygen atoms in total. The number of ether oxygens (including phenoxy) is 2. The van der Waals surface area contributed by atoms with E-state index in [1.165, 1.54) is 32.4 Å². The first-order valence-corrected chi connectivity index (χ1v) is 8.14. The Morgan fingerprint density at radius 2 is 1.95 bits per heavy atom. The van der Waals surface area contributed by atoms with Crippen LogP contribution in [0.3, 0.4) is 0 Å². The normalized spacial score (nSPS) is 20.6. The van der Waals surface area contributed by atoms with Gasteiger partial charge in [-0.25, -0.2) is 0 Å². The number of nitrogens with one attached hydrogen (secondary N) is 2. The highest BCUT2D eigenvalue weighted by Gasteiger charge is 2.17. The lowest BCUT2D eigenvalue weighted by atomic mass is 10.1. The number of hydrogen-bond acceptors (Lipinski definition) is 4. The number of benzene rings is 1. The van der Waals surface area contributed by atoms with Crippen molar-refractivity contribution in [3.8, 4) is 11.5 Å². The molecule has 1 saturated heterocycles. The van der Waals surface area contributed by atoms with Gasteiger partial charge >= 0.3 is 0 Å². The van der Waals surface area contributed by atoms with E-state index in [-0.39, 0.29) is 0 Å². The Morgan fingerprint density at radius 3 is 2.77 bits per heavy atom. The van der Waals surface area contributed by atoms with Gasteiger partial charge in [-0.1, -0.05) is 12.1 Å². The highest BCUT2D eigenvalue weighted by atomic mass is 16.6. The second-order valence-electron chi connectivity index (χ2n) is 5.90. The Labute approximate surface area is 131 Å². The fraction of sp³-hybridized carbons (Fsp3) is 0.529. The smallest absolute Gasteiger partial charge is 0.169 e. The zero-order chi connectivity index (χ0) is 15.2. The van der Waals surface area contributed by atoms with Crippen LogP contribution in [0.5, 0.6) is 11.5 Å². The number of para-hydroxylation sites is 2. The van der Waals surface area contributed by atoms with Crippen molar-refractivity contribution in [3.05, 3.63) is 35.7 Å². The molecule has 2 N–H and O–H groups in total. The summed E-state index contributed by atoms with van der Waals surface area (Å²) in [7, 11) is 0. The van der Waals surface area contributed by atoms with Gasteiger partial charge in [-0.2, -0.15) is 0 Å². The molecule has 0 bridgehead atoms. The van der Waals surface area contributed by atoms with Crippen molar-refractivity contribution >= 4 is 0 Å². The van der Waals surface area contributed by atoms with Crippen LogP contribution in [0.2, 0.25) is 0 Å². The molecule has 2 aliphatic heterocycles. The molecule has 0 saturated carbocycles. The molecule has 0 aromatic heterocycles. The second-order valence-corrected chi connectivity index (χ2v) is 5.90. The third-order valence-electron chi connectivity index (χ3n) is 4.20. The maximum absolute atomic E-state index is 5.85. The highest BCUT2D eigenvalue weighted by Crippen LogP contribution is 2.32. The molecule has 1 aromatic rings. The average molecular weight is 305 g/mol. The minimum atomic E-state index is 0.427. The number of piperidine rings is 1. The van der Waals surface area contributed by atoms with Crippen LogP contribution >= 0.6 is 0 Å². The lowest BCUT2D eigenvalue weighted by Gasteiger charge is -2.24. The molecule has 22 heavy (non-hydrogen) atoms. The minimum absolute atomic E-state index is 0.427. The van der Waals surface area contributed by atoms with Crippen LogP contribution < -0.4 is 19.9 Å². The minimum Gasteiger partial charge on any atom is -0.482 e. The number of hydrogen-bond donors (Lipinski definition) is 2. The largest absolute Gasteiger partial charge is 0.482 e. The van der Waals surface area contributed by atoms with Gasteiger partial charge in [0.2, 0.25) is 0 Å². The number of likely N-dealkylation sites (tertiary alicyclic amines) is 1. The molecular formula is C17H25N2O3+. The molecular weight excluding hydrogens is 280 g/mol. The molecule has 1 aromatic carbocycles. The summed E-state index contributed by atoms with van der Waals surface area (Å²) < 4.78 is 11.5. The maximum Gasteiger partial charge on any atom is 0.169 e. The Hall–Kier alpha value is -1.72. The van der Waals surface area contributed by atoms with Crippen molar-refractivity contribution in [1.29, 1.82) is 0 Å². The van der Waals surface area contributed by atoms with E-state index in [9.17, 15) is 0 Å². The van der Waals surface area contributed by atoms with Crippen LogP contribution in [0.15, 0.2) is 35.7 Å². The first kappa shape index (κ1) is 15.2. The Bertz CT molecular complexity index is 524. The molecule has 0 amide bonds. The fourth-order valence-corrected chi connectivity index (χ4v) is 2.86. The van der Waals surface area contributed by atoms with Crippen LogP contribution in [0.4, 0.5) is 0 Å². The third kappa shape index (κ3) is 3.93. The topological polar surface area (TPSA) is 44.2 Å². The van der Waals surface area contributed by atoms with E-state index in [1.54, 1.807) is 4.90 Å². The summed E-state index contributed by atoms with van der Waals surface area (Å²) in [4.78, 5) is 7.22. The van der Waals surface area contributed by atoms with E-state index in [0.717, 1.165) is 29.5 Å². The van der Waals surface area contributed by atoms with Gasteiger partial charge in [0.1, 0.15) is 19.8 Å². The molecule has 0 aliphatic carbocycles. The Morgan fingerprint density at radius 1 is 1.18 bits per heavy atom. The number of allylic oxidation sites excluding steroid dienone is 1. The van der Waals surface area contributed by atoms with E-state index in [0.29, 0.717) is 13.2 Å². The molecule has 120 valence electrons. The lowest BCUT2D eigenvalue weighted by Crippen LogP contribution is -3.13.